The van der Waals surface area contributed by atoms with Crippen LogP contribution in [-0.2, 0) is 21.4 Å². The summed E-state index contributed by atoms with van der Waals surface area (Å²) in [6, 6.07) is 9.61. The number of thiophene rings is 1. The fraction of sp³-hybridized carbons (Fsp3) is 0.375. The molecule has 1 aromatic heterocycles. The molecule has 3 aromatic rings. The number of carbonyl (C=O) groups is 1. The Labute approximate surface area is 197 Å². The van der Waals surface area contributed by atoms with Crippen molar-refractivity contribution in [3.63, 3.8) is 0 Å². The summed E-state index contributed by atoms with van der Waals surface area (Å²) >= 11 is 1.18. The molecule has 33 heavy (non-hydrogen) atoms. The van der Waals surface area contributed by atoms with E-state index >= 15 is 0 Å². The Morgan fingerprint density at radius 2 is 1.88 bits per heavy atom. The van der Waals surface area contributed by atoms with E-state index in [0.29, 0.717) is 44.9 Å². The minimum atomic E-state index is -3.67. The lowest BCUT2D eigenvalue weighted by atomic mass is 10.1. The Bertz CT molecular complexity index is 1280. The number of sulfonamides is 1. The van der Waals surface area contributed by atoms with Crippen LogP contribution in [0.25, 0.3) is 10.1 Å². The van der Waals surface area contributed by atoms with Crippen LogP contribution in [0.5, 0.6) is 0 Å². The molecule has 1 N–H and O–H groups in total. The highest BCUT2D eigenvalue weighted by Gasteiger charge is 2.27. The number of benzene rings is 2. The third-order valence-electron chi connectivity index (χ3n) is 5.89. The molecule has 0 saturated carbocycles. The third kappa shape index (κ3) is 4.82. The minimum Gasteiger partial charge on any atom is -0.380 e. The number of hydrogen-bond donors (Lipinski definition) is 1. The molecule has 0 bridgehead atoms. The van der Waals surface area contributed by atoms with Gasteiger partial charge in [-0.3, -0.25) is 4.79 Å². The van der Waals surface area contributed by atoms with Crippen LogP contribution in [0.2, 0.25) is 0 Å². The first-order valence-corrected chi connectivity index (χ1v) is 13.2. The molecule has 2 heterocycles. The van der Waals surface area contributed by atoms with E-state index in [4.69, 9.17) is 4.74 Å². The van der Waals surface area contributed by atoms with Gasteiger partial charge in [0.1, 0.15) is 5.82 Å². The van der Waals surface area contributed by atoms with E-state index in [1.165, 1.54) is 30.6 Å². The summed E-state index contributed by atoms with van der Waals surface area (Å²) in [5.41, 5.74) is 1.49. The summed E-state index contributed by atoms with van der Waals surface area (Å²) in [6.07, 6.45) is 3.75. The van der Waals surface area contributed by atoms with Crippen LogP contribution in [0.15, 0.2) is 41.3 Å². The Balaban J connectivity index is 1.66. The van der Waals surface area contributed by atoms with Crippen LogP contribution in [-0.4, -0.2) is 38.8 Å². The summed E-state index contributed by atoms with van der Waals surface area (Å²) in [5, 5.41) is 3.18. The van der Waals surface area contributed by atoms with Gasteiger partial charge in [0.05, 0.1) is 16.4 Å². The molecule has 0 atom stereocenters. The number of methoxy groups -OCH3 is 1. The Morgan fingerprint density at radius 3 is 2.58 bits per heavy atom. The van der Waals surface area contributed by atoms with Gasteiger partial charge in [0.25, 0.3) is 5.91 Å². The first kappa shape index (κ1) is 23.8. The van der Waals surface area contributed by atoms with Crippen LogP contribution in [0.3, 0.4) is 0 Å². The van der Waals surface area contributed by atoms with Gasteiger partial charge in [-0.15, -0.1) is 11.3 Å². The number of aryl methyl sites for hydroxylation is 1. The average Bonchev–Trinajstić information content (AvgIpc) is 2.96. The summed E-state index contributed by atoms with van der Waals surface area (Å²) < 4.78 is 48.5. The predicted octanol–water partition coefficient (Wildman–Crippen LogP) is 5.31. The lowest BCUT2D eigenvalue weighted by molar-refractivity contribution is 0.102. The van der Waals surface area contributed by atoms with Gasteiger partial charge in [-0.1, -0.05) is 25.0 Å². The van der Waals surface area contributed by atoms with E-state index in [9.17, 15) is 17.6 Å². The Morgan fingerprint density at radius 1 is 1.15 bits per heavy atom. The highest BCUT2D eigenvalue weighted by Crippen LogP contribution is 2.34. The Hall–Kier alpha value is -2.33. The second-order valence-corrected chi connectivity index (χ2v) is 11.2. The van der Waals surface area contributed by atoms with Gasteiger partial charge in [-0.2, -0.15) is 4.31 Å². The monoisotopic (exact) mass is 490 g/mol. The van der Waals surface area contributed by atoms with E-state index in [2.05, 4.69) is 5.32 Å². The third-order valence-corrected chi connectivity index (χ3v) is 9.12. The summed E-state index contributed by atoms with van der Waals surface area (Å²) in [7, 11) is -2.17. The smallest absolute Gasteiger partial charge is 0.266 e. The zero-order valence-corrected chi connectivity index (χ0v) is 20.3. The van der Waals surface area contributed by atoms with Crippen LogP contribution in [0, 0.1) is 12.7 Å². The van der Waals surface area contributed by atoms with E-state index < -0.39 is 21.7 Å². The number of rotatable bonds is 6. The fourth-order valence-electron chi connectivity index (χ4n) is 4.20. The molecule has 0 unspecified atom stereocenters. The van der Waals surface area contributed by atoms with E-state index in [1.54, 1.807) is 35.5 Å². The molecule has 0 radical (unpaired) electrons. The second kappa shape index (κ2) is 9.89. The number of amides is 1. The quantitative estimate of drug-likeness (QED) is 0.508. The maximum atomic E-state index is 14.5. The number of ether oxygens (including phenoxy) is 1. The van der Waals surface area contributed by atoms with Gasteiger partial charge in [-0.05, 0) is 49.6 Å². The molecular formula is C24H27FN2O4S2. The summed E-state index contributed by atoms with van der Waals surface area (Å²) in [4.78, 5) is 13.7. The van der Waals surface area contributed by atoms with Crippen molar-refractivity contribution < 1.29 is 22.3 Å². The minimum absolute atomic E-state index is 0.0895. The average molecular weight is 491 g/mol. The normalized spacial score (nSPS) is 15.5. The zero-order chi connectivity index (χ0) is 23.6. The van der Waals surface area contributed by atoms with Crippen molar-refractivity contribution in [1.82, 2.24) is 4.31 Å². The van der Waals surface area contributed by atoms with Gasteiger partial charge in [0.2, 0.25) is 10.0 Å². The molecule has 2 aromatic carbocycles. The van der Waals surface area contributed by atoms with Crippen molar-refractivity contribution in [2.24, 2.45) is 0 Å². The highest BCUT2D eigenvalue weighted by atomic mass is 32.2. The van der Waals surface area contributed by atoms with Gasteiger partial charge in [0.15, 0.2) is 0 Å². The van der Waals surface area contributed by atoms with Crippen molar-refractivity contribution in [2.75, 3.05) is 25.5 Å². The van der Waals surface area contributed by atoms with Gasteiger partial charge in [0, 0.05) is 41.5 Å². The number of carbonyl (C=O) groups excluding carboxylic acids is 1. The van der Waals surface area contributed by atoms with Crippen LogP contribution in [0.1, 0.15) is 46.5 Å². The first-order valence-electron chi connectivity index (χ1n) is 10.9. The van der Waals surface area contributed by atoms with E-state index in [0.717, 1.165) is 25.7 Å². The maximum Gasteiger partial charge on any atom is 0.266 e. The molecule has 1 aliphatic heterocycles. The molecule has 1 fully saturated rings. The Kier molecular flexibility index (Phi) is 7.13. The molecule has 0 aliphatic carbocycles. The van der Waals surface area contributed by atoms with Gasteiger partial charge >= 0.3 is 0 Å². The highest BCUT2D eigenvalue weighted by molar-refractivity contribution is 7.89. The molecule has 4 rings (SSSR count). The van der Waals surface area contributed by atoms with Crippen molar-refractivity contribution in [3.8, 4) is 0 Å². The summed E-state index contributed by atoms with van der Waals surface area (Å²) in [5.74, 6) is -0.833. The number of nitrogens with one attached hydrogen (secondary N) is 1. The SMILES string of the molecule is COCc1c(C(=O)Nc2ccc(C)c(S(=O)(=O)N3CCCCCC3)c2)sc2cccc(F)c12. The molecule has 6 nitrogen and oxygen atoms in total. The summed E-state index contributed by atoms with van der Waals surface area (Å²) in [6.45, 7) is 2.85. The van der Waals surface area contributed by atoms with Crippen LogP contribution < -0.4 is 5.32 Å². The van der Waals surface area contributed by atoms with E-state index in [1.807, 2.05) is 0 Å². The van der Waals surface area contributed by atoms with Gasteiger partial charge < -0.3 is 10.1 Å². The first-order chi connectivity index (χ1) is 15.8. The largest absolute Gasteiger partial charge is 0.380 e. The lowest BCUT2D eigenvalue weighted by Crippen LogP contribution is -2.32. The number of halogens is 1. The predicted molar refractivity (Wildman–Crippen MR) is 129 cm³/mol. The second-order valence-electron chi connectivity index (χ2n) is 8.21. The number of fused-ring (bicyclic) bond motifs is 1. The molecule has 1 amide bonds. The van der Waals surface area contributed by atoms with Gasteiger partial charge in [-0.25, -0.2) is 12.8 Å². The molecular weight excluding hydrogens is 463 g/mol. The topological polar surface area (TPSA) is 75.7 Å². The van der Waals surface area contributed by atoms with Crippen LogP contribution >= 0.6 is 11.3 Å². The zero-order valence-electron chi connectivity index (χ0n) is 18.7. The molecule has 176 valence electrons. The maximum absolute atomic E-state index is 14.5. The van der Waals surface area contributed by atoms with Crippen molar-refractivity contribution in [1.29, 1.82) is 0 Å². The standard InChI is InChI=1S/C24H27FN2O4S2/c1-16-10-11-17(14-21(16)33(29,30)27-12-5-3-4-6-13-27)26-24(28)23-18(15-31-2)22-19(25)8-7-9-20(22)32-23/h7-11,14H,3-6,12-13,15H2,1-2H3,(H,26,28). The fourth-order valence-corrected chi connectivity index (χ4v) is 7.08. The molecule has 1 aliphatic rings. The number of nitrogens with zero attached hydrogens (tertiary/aromatic N) is 1. The lowest BCUT2D eigenvalue weighted by Gasteiger charge is -2.21. The van der Waals surface area contributed by atoms with Crippen LogP contribution in [0.4, 0.5) is 10.1 Å². The van der Waals surface area contributed by atoms with Crippen molar-refractivity contribution in [2.45, 2.75) is 44.1 Å². The number of hydrogen-bond acceptors (Lipinski definition) is 5. The van der Waals surface area contributed by atoms with E-state index in [-0.39, 0.29) is 11.5 Å². The molecule has 1 saturated heterocycles. The number of anilines is 1. The molecule has 0 spiro atoms. The van der Waals surface area contributed by atoms with Crippen molar-refractivity contribution in [3.05, 3.63) is 58.2 Å². The molecule has 9 heteroatoms. The van der Waals surface area contributed by atoms with Crippen molar-refractivity contribution >= 4 is 43.0 Å².